The maximum absolute atomic E-state index is 13.7. The van der Waals surface area contributed by atoms with E-state index < -0.39 is 23.1 Å². The molecule has 1 spiro atoms. The van der Waals surface area contributed by atoms with Crippen LogP contribution in [0, 0.1) is 5.82 Å². The summed E-state index contributed by atoms with van der Waals surface area (Å²) in [4.78, 5) is 27.0. The van der Waals surface area contributed by atoms with Crippen LogP contribution in [0.3, 0.4) is 0 Å². The van der Waals surface area contributed by atoms with E-state index in [0.29, 0.717) is 43.7 Å². The van der Waals surface area contributed by atoms with Gasteiger partial charge in [-0.2, -0.15) is 0 Å². The number of ether oxygens (including phenoxy) is 3. The number of halogens is 1. The van der Waals surface area contributed by atoms with Crippen molar-refractivity contribution in [2.24, 2.45) is 0 Å². The maximum atomic E-state index is 13.7. The predicted octanol–water partition coefficient (Wildman–Crippen LogP) is 4.09. The van der Waals surface area contributed by atoms with Crippen molar-refractivity contribution in [2.45, 2.75) is 51.7 Å². The first-order chi connectivity index (χ1) is 13.1. The van der Waals surface area contributed by atoms with Crippen molar-refractivity contribution in [3.8, 4) is 5.75 Å². The monoisotopic (exact) mass is 391 g/mol. The molecule has 1 fully saturated rings. The topological polar surface area (TPSA) is 65.1 Å². The second-order valence-electron chi connectivity index (χ2n) is 8.02. The lowest BCUT2D eigenvalue weighted by Crippen LogP contribution is -2.54. The second-order valence-corrected chi connectivity index (χ2v) is 8.02. The Kier molecular flexibility index (Phi) is 5.37. The maximum Gasteiger partial charge on any atom is 0.410 e. The Bertz CT molecular complexity index is 804. The molecule has 0 N–H and O–H groups in total. The van der Waals surface area contributed by atoms with Crippen LogP contribution in [0.2, 0.25) is 0 Å². The van der Waals surface area contributed by atoms with Crippen LogP contribution >= 0.6 is 0 Å². The molecule has 2 aliphatic rings. The van der Waals surface area contributed by atoms with E-state index in [2.05, 4.69) is 0 Å². The largest absolute Gasteiger partial charge is 0.501 e. The molecule has 0 bridgehead atoms. The number of amides is 1. The molecule has 0 radical (unpaired) electrons. The fourth-order valence-electron chi connectivity index (χ4n) is 3.46. The Morgan fingerprint density at radius 2 is 2.00 bits per heavy atom. The van der Waals surface area contributed by atoms with Gasteiger partial charge in [-0.05, 0) is 39.8 Å². The van der Waals surface area contributed by atoms with Gasteiger partial charge in [0.15, 0.2) is 5.78 Å². The van der Waals surface area contributed by atoms with Gasteiger partial charge in [0, 0.05) is 32.0 Å². The zero-order chi connectivity index (χ0) is 20.5. The van der Waals surface area contributed by atoms with E-state index in [1.807, 2.05) is 27.7 Å². The van der Waals surface area contributed by atoms with Crippen molar-refractivity contribution in [2.75, 3.05) is 19.7 Å². The molecule has 152 valence electrons. The van der Waals surface area contributed by atoms with E-state index in [-0.39, 0.29) is 11.5 Å². The molecule has 2 aliphatic heterocycles. The zero-order valence-corrected chi connectivity index (χ0v) is 16.7. The molecule has 28 heavy (non-hydrogen) atoms. The molecule has 0 saturated carbocycles. The Labute approximate surface area is 164 Å². The Morgan fingerprint density at radius 1 is 1.32 bits per heavy atom. The van der Waals surface area contributed by atoms with Gasteiger partial charge in [-0.1, -0.05) is 0 Å². The average Bonchev–Trinajstić information content (AvgIpc) is 2.60. The number of rotatable bonds is 2. The van der Waals surface area contributed by atoms with Crippen LogP contribution in [-0.4, -0.2) is 47.7 Å². The van der Waals surface area contributed by atoms with Gasteiger partial charge in [-0.15, -0.1) is 0 Å². The quantitative estimate of drug-likeness (QED) is 0.561. The van der Waals surface area contributed by atoms with Gasteiger partial charge in [0.2, 0.25) is 0 Å². The van der Waals surface area contributed by atoms with E-state index in [1.165, 1.54) is 24.5 Å². The molecular weight excluding hydrogens is 365 g/mol. The number of benzene rings is 1. The number of ketones is 1. The van der Waals surface area contributed by atoms with E-state index in [0.717, 1.165) is 0 Å². The highest BCUT2D eigenvalue weighted by atomic mass is 19.1. The number of nitrogens with zero attached hydrogens (tertiary/aromatic N) is 1. The molecular formula is C21H26FNO5. The van der Waals surface area contributed by atoms with Crippen molar-refractivity contribution in [1.82, 2.24) is 4.90 Å². The second kappa shape index (κ2) is 7.45. The van der Waals surface area contributed by atoms with Crippen molar-refractivity contribution in [3.63, 3.8) is 0 Å². The number of likely N-dealkylation sites (tertiary alicyclic amines) is 1. The summed E-state index contributed by atoms with van der Waals surface area (Å²) in [6.07, 6.45) is 1.81. The number of carbonyl (C=O) groups excluding carboxylic acids is 2. The summed E-state index contributed by atoms with van der Waals surface area (Å²) >= 11 is 0. The fraction of sp³-hybridized carbons (Fsp3) is 0.524. The Hall–Kier alpha value is -2.57. The fourth-order valence-corrected chi connectivity index (χ4v) is 3.46. The minimum absolute atomic E-state index is 0.226. The summed E-state index contributed by atoms with van der Waals surface area (Å²) < 4.78 is 30.7. The van der Waals surface area contributed by atoms with Gasteiger partial charge in [-0.3, -0.25) is 4.79 Å². The molecule has 0 unspecified atom stereocenters. The number of piperidine rings is 1. The smallest absolute Gasteiger partial charge is 0.410 e. The lowest BCUT2D eigenvalue weighted by molar-refractivity contribution is -0.00681. The highest BCUT2D eigenvalue weighted by Gasteiger charge is 2.48. The highest BCUT2D eigenvalue weighted by Crippen LogP contribution is 2.43. The first-order valence-corrected chi connectivity index (χ1v) is 9.49. The number of carbonyl (C=O) groups is 2. The van der Waals surface area contributed by atoms with Crippen molar-refractivity contribution < 1.29 is 28.2 Å². The number of hydrogen-bond donors (Lipinski definition) is 0. The van der Waals surface area contributed by atoms with Gasteiger partial charge in [0.1, 0.15) is 22.8 Å². The lowest BCUT2D eigenvalue weighted by Gasteiger charge is -2.45. The molecule has 2 heterocycles. The summed E-state index contributed by atoms with van der Waals surface area (Å²) in [7, 11) is 0. The lowest BCUT2D eigenvalue weighted by atomic mass is 9.78. The summed E-state index contributed by atoms with van der Waals surface area (Å²) in [5, 5.41) is 0. The molecule has 6 nitrogen and oxygen atoms in total. The molecule has 3 rings (SSSR count). The van der Waals surface area contributed by atoms with Gasteiger partial charge in [0.05, 0.1) is 24.0 Å². The Balaban J connectivity index is 1.87. The molecule has 1 saturated heterocycles. The van der Waals surface area contributed by atoms with Gasteiger partial charge >= 0.3 is 6.09 Å². The van der Waals surface area contributed by atoms with Crippen molar-refractivity contribution in [1.29, 1.82) is 0 Å². The predicted molar refractivity (Wildman–Crippen MR) is 101 cm³/mol. The molecule has 1 aromatic carbocycles. The summed E-state index contributed by atoms with van der Waals surface area (Å²) in [6, 6.07) is 3.89. The summed E-state index contributed by atoms with van der Waals surface area (Å²) in [5.41, 5.74) is -0.823. The molecule has 0 atom stereocenters. The average molecular weight is 391 g/mol. The number of Topliss-reactive ketones (excluding diaryl/α,β-unsaturated/α-hetero) is 1. The number of fused-ring (bicyclic) bond motifs is 1. The van der Waals surface area contributed by atoms with Gasteiger partial charge < -0.3 is 19.1 Å². The van der Waals surface area contributed by atoms with Crippen LogP contribution in [0.1, 0.15) is 50.9 Å². The minimum Gasteiger partial charge on any atom is -0.501 e. The molecule has 0 aliphatic carbocycles. The van der Waals surface area contributed by atoms with Crippen LogP contribution in [0.5, 0.6) is 5.75 Å². The number of hydrogen-bond acceptors (Lipinski definition) is 5. The van der Waals surface area contributed by atoms with Crippen molar-refractivity contribution >= 4 is 11.9 Å². The van der Waals surface area contributed by atoms with E-state index in [1.54, 1.807) is 4.90 Å². The van der Waals surface area contributed by atoms with Crippen LogP contribution in [-0.2, 0) is 9.47 Å². The third kappa shape index (κ3) is 3.98. The van der Waals surface area contributed by atoms with Gasteiger partial charge in [0.25, 0.3) is 0 Å². The van der Waals surface area contributed by atoms with Crippen LogP contribution in [0.15, 0.2) is 30.0 Å². The first-order valence-electron chi connectivity index (χ1n) is 9.49. The van der Waals surface area contributed by atoms with Crippen LogP contribution in [0.25, 0.3) is 0 Å². The first kappa shape index (κ1) is 20.2. The SMILES string of the molecule is CCOC=C1C(=O)c2ccc(F)cc2OC12CCN(C(=O)OC(C)(C)C)CC2. The standard InChI is InChI=1S/C21H26FNO5/c1-5-26-13-16-18(24)15-7-6-14(22)12-17(15)27-21(16)8-10-23(11-9-21)19(25)28-20(2,3)4/h6-7,12-13H,5,8-11H2,1-4H3. The highest BCUT2D eigenvalue weighted by molar-refractivity contribution is 6.12. The molecule has 0 aromatic heterocycles. The summed E-state index contributed by atoms with van der Waals surface area (Å²) in [6.45, 7) is 8.39. The van der Waals surface area contributed by atoms with Crippen molar-refractivity contribution in [3.05, 3.63) is 41.4 Å². The van der Waals surface area contributed by atoms with E-state index >= 15 is 0 Å². The molecule has 7 heteroatoms. The summed E-state index contributed by atoms with van der Waals surface area (Å²) in [5.74, 6) is -0.477. The van der Waals surface area contributed by atoms with E-state index in [9.17, 15) is 14.0 Å². The zero-order valence-electron chi connectivity index (χ0n) is 16.7. The third-order valence-electron chi connectivity index (χ3n) is 4.82. The molecule has 1 amide bonds. The van der Waals surface area contributed by atoms with Crippen LogP contribution in [0.4, 0.5) is 9.18 Å². The Morgan fingerprint density at radius 3 is 2.61 bits per heavy atom. The minimum atomic E-state index is -0.953. The normalized spacial score (nSPS) is 20.0. The van der Waals surface area contributed by atoms with Crippen LogP contribution < -0.4 is 4.74 Å². The molecule has 1 aromatic rings. The van der Waals surface area contributed by atoms with E-state index in [4.69, 9.17) is 14.2 Å². The van der Waals surface area contributed by atoms with Gasteiger partial charge in [-0.25, -0.2) is 9.18 Å². The third-order valence-corrected chi connectivity index (χ3v) is 4.82.